The fourth-order valence-corrected chi connectivity index (χ4v) is 5.43. The number of hydrogen-bond donors (Lipinski definition) is 1. The number of urea groups is 1. The molecule has 3 fully saturated rings. The van der Waals surface area contributed by atoms with Crippen LogP contribution in [0.25, 0.3) is 0 Å². The summed E-state index contributed by atoms with van der Waals surface area (Å²) in [5.74, 6) is 0.339. The van der Waals surface area contributed by atoms with E-state index in [1.807, 2.05) is 28.8 Å². The van der Waals surface area contributed by atoms with Gasteiger partial charge < -0.3 is 24.9 Å². The molecule has 0 radical (unpaired) electrons. The van der Waals surface area contributed by atoms with Gasteiger partial charge in [0.15, 0.2) is 0 Å². The molecule has 0 atom stereocenters. The molecule has 0 spiro atoms. The van der Waals surface area contributed by atoms with Crippen LogP contribution in [0.2, 0.25) is 0 Å². The molecule has 0 aromatic carbocycles. The summed E-state index contributed by atoms with van der Waals surface area (Å²) >= 11 is 0. The number of carbonyl (C=O) groups excluding carboxylic acids is 3. The van der Waals surface area contributed by atoms with Gasteiger partial charge in [-0.05, 0) is 58.0 Å². The molecule has 182 valence electrons. The maximum atomic E-state index is 13.0. The van der Waals surface area contributed by atoms with Gasteiger partial charge in [0.25, 0.3) is 0 Å². The molecule has 0 aromatic heterocycles. The minimum absolute atomic E-state index is 0.00543. The van der Waals surface area contributed by atoms with Crippen LogP contribution in [0.1, 0.15) is 52.4 Å². The zero-order valence-electron chi connectivity index (χ0n) is 20.6. The Kier molecular flexibility index (Phi) is 8.42. The van der Waals surface area contributed by atoms with E-state index in [2.05, 4.69) is 24.1 Å². The van der Waals surface area contributed by atoms with Gasteiger partial charge >= 0.3 is 6.03 Å². The SMILES string of the molecule is CN(C)CC(C)(C)CNC(=O)C1CCN(C(=O)C2CCN(C(=O)N3CCCC3)CC2)CC1. The number of nitrogens with one attached hydrogen (secondary N) is 1. The van der Waals surface area contributed by atoms with E-state index in [1.165, 1.54) is 0 Å². The maximum Gasteiger partial charge on any atom is 0.319 e. The molecule has 4 amide bonds. The second kappa shape index (κ2) is 10.9. The number of likely N-dealkylation sites (tertiary alicyclic amines) is 3. The first-order valence-electron chi connectivity index (χ1n) is 12.4. The lowest BCUT2D eigenvalue weighted by Gasteiger charge is -2.38. The van der Waals surface area contributed by atoms with Crippen LogP contribution < -0.4 is 5.32 Å². The van der Waals surface area contributed by atoms with Crippen molar-refractivity contribution < 1.29 is 14.4 Å². The van der Waals surface area contributed by atoms with Gasteiger partial charge in [-0.15, -0.1) is 0 Å². The highest BCUT2D eigenvalue weighted by molar-refractivity contribution is 5.81. The van der Waals surface area contributed by atoms with E-state index in [-0.39, 0.29) is 35.1 Å². The van der Waals surface area contributed by atoms with Crippen LogP contribution in [0.4, 0.5) is 4.79 Å². The second-order valence-electron chi connectivity index (χ2n) is 11.0. The fourth-order valence-electron chi connectivity index (χ4n) is 5.43. The normalized spacial score (nSPS) is 21.3. The predicted molar refractivity (Wildman–Crippen MR) is 125 cm³/mol. The number of piperidine rings is 2. The van der Waals surface area contributed by atoms with Gasteiger partial charge in [0.2, 0.25) is 11.8 Å². The summed E-state index contributed by atoms with van der Waals surface area (Å²) in [5.41, 5.74) is 0.0286. The molecule has 32 heavy (non-hydrogen) atoms. The molecule has 3 rings (SSSR count). The fraction of sp³-hybridized carbons (Fsp3) is 0.875. The number of hydrogen-bond acceptors (Lipinski definition) is 4. The van der Waals surface area contributed by atoms with Crippen molar-refractivity contribution >= 4 is 17.8 Å². The monoisotopic (exact) mass is 449 g/mol. The van der Waals surface area contributed by atoms with Crippen LogP contribution in [-0.4, -0.2) is 104 Å². The average Bonchev–Trinajstić information content (AvgIpc) is 3.31. The smallest absolute Gasteiger partial charge is 0.319 e. The van der Waals surface area contributed by atoms with Crippen LogP contribution in [0, 0.1) is 17.3 Å². The molecule has 3 aliphatic rings. The zero-order chi connectivity index (χ0) is 23.3. The lowest BCUT2D eigenvalue weighted by atomic mass is 9.90. The lowest BCUT2D eigenvalue weighted by molar-refractivity contribution is -0.140. The number of rotatable bonds is 6. The van der Waals surface area contributed by atoms with Crippen molar-refractivity contribution in [3.63, 3.8) is 0 Å². The highest BCUT2D eigenvalue weighted by atomic mass is 16.2. The van der Waals surface area contributed by atoms with Crippen molar-refractivity contribution in [2.24, 2.45) is 17.3 Å². The molecule has 3 heterocycles. The van der Waals surface area contributed by atoms with E-state index in [4.69, 9.17) is 0 Å². The molecule has 0 aromatic rings. The minimum atomic E-state index is -0.00543. The molecule has 8 nitrogen and oxygen atoms in total. The summed E-state index contributed by atoms with van der Waals surface area (Å²) in [7, 11) is 4.09. The Morgan fingerprint density at radius 2 is 1.31 bits per heavy atom. The first-order chi connectivity index (χ1) is 15.2. The molecule has 0 bridgehead atoms. The molecular formula is C24H43N5O3. The van der Waals surface area contributed by atoms with Crippen molar-refractivity contribution in [2.75, 3.05) is 66.5 Å². The summed E-state index contributed by atoms with van der Waals surface area (Å²) in [6, 6.07) is 0.147. The second-order valence-corrected chi connectivity index (χ2v) is 11.0. The first kappa shape index (κ1) is 24.8. The third kappa shape index (κ3) is 6.59. The predicted octanol–water partition coefficient (Wildman–Crippen LogP) is 1.86. The first-order valence-corrected chi connectivity index (χ1v) is 12.4. The summed E-state index contributed by atoms with van der Waals surface area (Å²) in [6.07, 6.45) is 5.17. The van der Waals surface area contributed by atoms with E-state index in [0.29, 0.717) is 32.7 Å². The number of amides is 4. The lowest BCUT2D eigenvalue weighted by Crippen LogP contribution is -2.50. The summed E-state index contributed by atoms with van der Waals surface area (Å²) in [4.78, 5) is 46.2. The molecule has 0 aliphatic carbocycles. The largest absolute Gasteiger partial charge is 0.355 e. The number of nitrogens with zero attached hydrogens (tertiary/aromatic N) is 4. The van der Waals surface area contributed by atoms with Crippen molar-refractivity contribution in [3.8, 4) is 0 Å². The minimum Gasteiger partial charge on any atom is -0.355 e. The van der Waals surface area contributed by atoms with Crippen molar-refractivity contribution in [3.05, 3.63) is 0 Å². The Hall–Kier alpha value is -1.83. The van der Waals surface area contributed by atoms with E-state index >= 15 is 0 Å². The van der Waals surface area contributed by atoms with Gasteiger partial charge in [-0.3, -0.25) is 9.59 Å². The Morgan fingerprint density at radius 3 is 1.88 bits per heavy atom. The van der Waals surface area contributed by atoms with Crippen molar-refractivity contribution in [1.29, 1.82) is 0 Å². The summed E-state index contributed by atoms with van der Waals surface area (Å²) in [5, 5.41) is 3.13. The molecule has 0 saturated carbocycles. The highest BCUT2D eigenvalue weighted by Gasteiger charge is 2.35. The zero-order valence-corrected chi connectivity index (χ0v) is 20.6. The third-order valence-corrected chi connectivity index (χ3v) is 7.15. The van der Waals surface area contributed by atoms with Crippen LogP contribution >= 0.6 is 0 Å². The topological polar surface area (TPSA) is 76.2 Å². The van der Waals surface area contributed by atoms with E-state index in [1.54, 1.807) is 0 Å². The Balaban J connectivity index is 1.38. The summed E-state index contributed by atoms with van der Waals surface area (Å²) in [6.45, 7) is 10.3. The quantitative estimate of drug-likeness (QED) is 0.672. The van der Waals surface area contributed by atoms with Gasteiger partial charge in [-0.2, -0.15) is 0 Å². The third-order valence-electron chi connectivity index (χ3n) is 7.15. The van der Waals surface area contributed by atoms with Gasteiger partial charge in [0.05, 0.1) is 0 Å². The molecule has 1 N–H and O–H groups in total. The molecule has 3 saturated heterocycles. The molecule has 8 heteroatoms. The standard InChI is InChI=1S/C24H43N5O3/c1-24(2,18-26(3)4)17-25-21(30)19-7-13-27(14-8-19)22(31)20-9-15-29(16-10-20)23(32)28-11-5-6-12-28/h19-20H,5-18H2,1-4H3,(H,25,30). The van der Waals surface area contributed by atoms with Crippen LogP contribution in [0.15, 0.2) is 0 Å². The van der Waals surface area contributed by atoms with Gasteiger partial charge in [-0.1, -0.05) is 13.8 Å². The van der Waals surface area contributed by atoms with Crippen molar-refractivity contribution in [2.45, 2.75) is 52.4 Å². The Bertz CT molecular complexity index is 659. The molecule has 0 unspecified atom stereocenters. The molecule has 3 aliphatic heterocycles. The van der Waals surface area contributed by atoms with Gasteiger partial charge in [0, 0.05) is 64.2 Å². The van der Waals surface area contributed by atoms with Crippen molar-refractivity contribution in [1.82, 2.24) is 24.9 Å². The van der Waals surface area contributed by atoms with Gasteiger partial charge in [-0.25, -0.2) is 4.79 Å². The number of carbonyl (C=O) groups is 3. The summed E-state index contributed by atoms with van der Waals surface area (Å²) < 4.78 is 0. The van der Waals surface area contributed by atoms with E-state index < -0.39 is 0 Å². The van der Waals surface area contributed by atoms with Gasteiger partial charge in [0.1, 0.15) is 0 Å². The van der Waals surface area contributed by atoms with E-state index in [9.17, 15) is 14.4 Å². The average molecular weight is 450 g/mol. The highest BCUT2D eigenvalue weighted by Crippen LogP contribution is 2.25. The Morgan fingerprint density at radius 1 is 0.812 bits per heavy atom. The van der Waals surface area contributed by atoms with Crippen LogP contribution in [-0.2, 0) is 9.59 Å². The van der Waals surface area contributed by atoms with E-state index in [0.717, 1.165) is 58.2 Å². The maximum absolute atomic E-state index is 13.0. The van der Waals surface area contributed by atoms with Crippen LogP contribution in [0.3, 0.4) is 0 Å². The molecular weight excluding hydrogens is 406 g/mol. The Labute approximate surface area is 193 Å². The van der Waals surface area contributed by atoms with Crippen LogP contribution in [0.5, 0.6) is 0 Å².